The van der Waals surface area contributed by atoms with E-state index in [1.54, 1.807) is 0 Å². The van der Waals surface area contributed by atoms with Gasteiger partial charge in [-0.2, -0.15) is 0 Å². The highest BCUT2D eigenvalue weighted by molar-refractivity contribution is 5.74. The average Bonchev–Trinajstić information content (AvgIpc) is 2.51. The summed E-state index contributed by atoms with van der Waals surface area (Å²) in [6, 6.07) is 26.4. The lowest BCUT2D eigenvalue weighted by atomic mass is 10.1. The van der Waals surface area contributed by atoms with Gasteiger partial charge < -0.3 is 11.1 Å². The second kappa shape index (κ2) is 5.49. The van der Waals surface area contributed by atoms with Crippen LogP contribution in [0.25, 0.3) is 11.1 Å². The Bertz CT molecular complexity index is 688. The van der Waals surface area contributed by atoms with Crippen LogP contribution in [0.1, 0.15) is 0 Å². The van der Waals surface area contributed by atoms with Crippen LogP contribution in [0.3, 0.4) is 0 Å². The first-order chi connectivity index (χ1) is 9.83. The molecule has 0 fully saturated rings. The van der Waals surface area contributed by atoms with E-state index in [-0.39, 0.29) is 0 Å². The Balaban J connectivity index is 1.82. The quantitative estimate of drug-likeness (QED) is 0.671. The molecule has 3 aromatic rings. The predicted molar refractivity (Wildman–Crippen MR) is 86.0 cm³/mol. The lowest BCUT2D eigenvalue weighted by Crippen LogP contribution is -1.95. The monoisotopic (exact) mass is 260 g/mol. The maximum atomic E-state index is 5.93. The molecular formula is C18H16N2. The van der Waals surface area contributed by atoms with E-state index >= 15 is 0 Å². The van der Waals surface area contributed by atoms with Gasteiger partial charge in [-0.1, -0.05) is 54.6 Å². The van der Waals surface area contributed by atoms with E-state index in [4.69, 9.17) is 5.73 Å². The zero-order chi connectivity index (χ0) is 13.8. The molecule has 2 nitrogen and oxygen atoms in total. The summed E-state index contributed by atoms with van der Waals surface area (Å²) < 4.78 is 0. The molecule has 0 atom stereocenters. The first kappa shape index (κ1) is 12.3. The topological polar surface area (TPSA) is 38.0 Å². The molecule has 2 heteroatoms. The maximum absolute atomic E-state index is 5.93. The van der Waals surface area contributed by atoms with Crippen molar-refractivity contribution in [1.29, 1.82) is 0 Å². The fourth-order valence-corrected chi connectivity index (χ4v) is 2.14. The molecule has 0 aliphatic rings. The molecule has 3 rings (SSSR count). The van der Waals surface area contributed by atoms with Crippen molar-refractivity contribution in [2.75, 3.05) is 11.1 Å². The molecule has 20 heavy (non-hydrogen) atoms. The van der Waals surface area contributed by atoms with Crippen LogP contribution in [0.2, 0.25) is 0 Å². The molecule has 98 valence electrons. The van der Waals surface area contributed by atoms with Crippen LogP contribution in [0.15, 0.2) is 78.9 Å². The molecule has 0 aromatic heterocycles. The fraction of sp³-hybridized carbons (Fsp3) is 0. The Morgan fingerprint density at radius 2 is 1.20 bits per heavy atom. The summed E-state index contributed by atoms with van der Waals surface area (Å²) in [7, 11) is 0. The van der Waals surface area contributed by atoms with Crippen molar-refractivity contribution in [1.82, 2.24) is 0 Å². The molecule has 0 unspecified atom stereocenters. The third kappa shape index (κ3) is 2.64. The molecule has 0 amide bonds. The SMILES string of the molecule is Nc1ccccc1Nc1ccc(-c2ccccc2)cc1. The molecule has 0 spiro atoms. The van der Waals surface area contributed by atoms with E-state index in [2.05, 4.69) is 41.7 Å². The van der Waals surface area contributed by atoms with E-state index in [0.717, 1.165) is 17.1 Å². The minimum absolute atomic E-state index is 0.750. The van der Waals surface area contributed by atoms with E-state index in [0.29, 0.717) is 0 Å². The summed E-state index contributed by atoms with van der Waals surface area (Å²) in [5.74, 6) is 0. The molecule has 3 aromatic carbocycles. The zero-order valence-corrected chi connectivity index (χ0v) is 11.1. The summed E-state index contributed by atoms with van der Waals surface area (Å²) in [6.45, 7) is 0. The van der Waals surface area contributed by atoms with Crippen LogP contribution < -0.4 is 11.1 Å². The van der Waals surface area contributed by atoms with Crippen molar-refractivity contribution in [2.45, 2.75) is 0 Å². The van der Waals surface area contributed by atoms with Crippen molar-refractivity contribution in [3.63, 3.8) is 0 Å². The number of rotatable bonds is 3. The Hall–Kier alpha value is -2.74. The number of hydrogen-bond donors (Lipinski definition) is 2. The third-order valence-corrected chi connectivity index (χ3v) is 3.23. The highest BCUT2D eigenvalue weighted by Gasteiger charge is 2.00. The molecule has 0 saturated heterocycles. The van der Waals surface area contributed by atoms with Gasteiger partial charge in [0.1, 0.15) is 0 Å². The first-order valence-corrected chi connectivity index (χ1v) is 6.60. The lowest BCUT2D eigenvalue weighted by molar-refractivity contribution is 1.54. The second-order valence-corrected chi connectivity index (χ2v) is 4.66. The summed E-state index contributed by atoms with van der Waals surface area (Å²) in [5.41, 5.74) is 11.1. The number of nitrogens with one attached hydrogen (secondary N) is 1. The van der Waals surface area contributed by atoms with Crippen LogP contribution in [0.4, 0.5) is 17.1 Å². The van der Waals surface area contributed by atoms with Crippen molar-refractivity contribution in [3.8, 4) is 11.1 Å². The molecule has 0 bridgehead atoms. The van der Waals surface area contributed by atoms with Gasteiger partial charge in [0.2, 0.25) is 0 Å². The maximum Gasteiger partial charge on any atom is 0.0617 e. The minimum Gasteiger partial charge on any atom is -0.397 e. The summed E-state index contributed by atoms with van der Waals surface area (Å²) in [4.78, 5) is 0. The van der Waals surface area contributed by atoms with Gasteiger partial charge in [-0.25, -0.2) is 0 Å². The molecule has 0 aliphatic heterocycles. The van der Waals surface area contributed by atoms with Crippen molar-refractivity contribution < 1.29 is 0 Å². The Labute approximate surface area is 118 Å². The van der Waals surface area contributed by atoms with E-state index in [1.807, 2.05) is 42.5 Å². The summed E-state index contributed by atoms with van der Waals surface area (Å²) in [6.07, 6.45) is 0. The van der Waals surface area contributed by atoms with Gasteiger partial charge in [0, 0.05) is 5.69 Å². The lowest BCUT2D eigenvalue weighted by Gasteiger charge is -2.10. The Kier molecular flexibility index (Phi) is 3.38. The van der Waals surface area contributed by atoms with Crippen LogP contribution in [-0.2, 0) is 0 Å². The Morgan fingerprint density at radius 1 is 0.600 bits per heavy atom. The standard InChI is InChI=1S/C18H16N2/c19-17-8-4-5-9-18(17)20-16-12-10-15(11-13-16)14-6-2-1-3-7-14/h1-13,20H,19H2. The minimum atomic E-state index is 0.750. The largest absolute Gasteiger partial charge is 0.397 e. The second-order valence-electron chi connectivity index (χ2n) is 4.66. The first-order valence-electron chi connectivity index (χ1n) is 6.60. The van der Waals surface area contributed by atoms with E-state index in [9.17, 15) is 0 Å². The zero-order valence-electron chi connectivity index (χ0n) is 11.1. The predicted octanol–water partition coefficient (Wildman–Crippen LogP) is 4.68. The molecule has 0 radical (unpaired) electrons. The molecule has 0 saturated carbocycles. The number of hydrogen-bond acceptors (Lipinski definition) is 2. The van der Waals surface area contributed by atoms with Crippen LogP contribution in [0, 0.1) is 0 Å². The number of nitrogens with two attached hydrogens (primary N) is 1. The van der Waals surface area contributed by atoms with E-state index < -0.39 is 0 Å². The normalized spacial score (nSPS) is 10.2. The molecule has 0 aliphatic carbocycles. The van der Waals surface area contributed by atoms with Gasteiger partial charge in [0.25, 0.3) is 0 Å². The van der Waals surface area contributed by atoms with Gasteiger partial charge in [-0.3, -0.25) is 0 Å². The van der Waals surface area contributed by atoms with E-state index in [1.165, 1.54) is 11.1 Å². The van der Waals surface area contributed by atoms with Crippen LogP contribution in [0.5, 0.6) is 0 Å². The third-order valence-electron chi connectivity index (χ3n) is 3.23. The number of anilines is 3. The van der Waals surface area contributed by atoms with Gasteiger partial charge in [0.05, 0.1) is 11.4 Å². The van der Waals surface area contributed by atoms with Crippen molar-refractivity contribution >= 4 is 17.1 Å². The van der Waals surface area contributed by atoms with Crippen LogP contribution >= 0.6 is 0 Å². The average molecular weight is 260 g/mol. The highest BCUT2D eigenvalue weighted by atomic mass is 14.9. The van der Waals surface area contributed by atoms with Gasteiger partial charge >= 0.3 is 0 Å². The number of para-hydroxylation sites is 2. The fourth-order valence-electron chi connectivity index (χ4n) is 2.14. The van der Waals surface area contributed by atoms with Gasteiger partial charge in [-0.15, -0.1) is 0 Å². The molecule has 3 N–H and O–H groups in total. The highest BCUT2D eigenvalue weighted by Crippen LogP contribution is 2.25. The van der Waals surface area contributed by atoms with Gasteiger partial charge in [0.15, 0.2) is 0 Å². The van der Waals surface area contributed by atoms with Gasteiger partial charge in [-0.05, 0) is 35.4 Å². The number of nitrogen functional groups attached to an aromatic ring is 1. The Morgan fingerprint density at radius 3 is 1.90 bits per heavy atom. The smallest absolute Gasteiger partial charge is 0.0617 e. The summed E-state index contributed by atoms with van der Waals surface area (Å²) >= 11 is 0. The molecule has 0 heterocycles. The van der Waals surface area contributed by atoms with Crippen LogP contribution in [-0.4, -0.2) is 0 Å². The van der Waals surface area contributed by atoms with Crippen molar-refractivity contribution in [3.05, 3.63) is 78.9 Å². The van der Waals surface area contributed by atoms with Crippen molar-refractivity contribution in [2.24, 2.45) is 0 Å². The number of benzene rings is 3. The summed E-state index contributed by atoms with van der Waals surface area (Å²) in [5, 5.41) is 3.33. The molecular weight excluding hydrogens is 244 g/mol.